The Bertz CT molecular complexity index is 399. The summed E-state index contributed by atoms with van der Waals surface area (Å²) in [6, 6.07) is 6.44. The zero-order valence-corrected chi connectivity index (χ0v) is 9.12. The van der Waals surface area contributed by atoms with Crippen LogP contribution in [0.2, 0.25) is 0 Å². The predicted octanol–water partition coefficient (Wildman–Crippen LogP) is 0.429. The Hall–Kier alpha value is -1.27. The molecule has 0 spiro atoms. The number of hydrogen-bond acceptors (Lipinski definition) is 4. The summed E-state index contributed by atoms with van der Waals surface area (Å²) < 4.78 is 29.2. The molecule has 15 heavy (non-hydrogen) atoms. The molecular formula is C9H13NO4S. The summed E-state index contributed by atoms with van der Waals surface area (Å²) in [5, 5.41) is 8.52. The summed E-state index contributed by atoms with van der Waals surface area (Å²) in [4.78, 5) is 0. The lowest BCUT2D eigenvalue weighted by Crippen LogP contribution is -2.09. The molecule has 1 aromatic carbocycles. The van der Waals surface area contributed by atoms with Crippen LogP contribution in [0.3, 0.4) is 0 Å². The van der Waals surface area contributed by atoms with Gasteiger partial charge in [0.25, 0.3) is 0 Å². The average molecular weight is 231 g/mol. The van der Waals surface area contributed by atoms with Crippen molar-refractivity contribution in [1.82, 2.24) is 0 Å². The van der Waals surface area contributed by atoms with E-state index in [-0.39, 0.29) is 13.2 Å². The largest absolute Gasteiger partial charge is 0.491 e. The Morgan fingerprint density at radius 2 is 1.93 bits per heavy atom. The molecule has 0 aliphatic rings. The maximum absolute atomic E-state index is 10.9. The molecule has 0 aliphatic heterocycles. The molecular weight excluding hydrogens is 218 g/mol. The Morgan fingerprint density at radius 3 is 2.40 bits per heavy atom. The van der Waals surface area contributed by atoms with Gasteiger partial charge in [0.05, 0.1) is 12.9 Å². The molecule has 6 heteroatoms. The van der Waals surface area contributed by atoms with Crippen LogP contribution in [0.1, 0.15) is 0 Å². The lowest BCUT2D eigenvalue weighted by Gasteiger charge is -2.06. The standard InChI is InChI=1S/C9H13NO4S/c1-15(12,13)10-8-2-4-9(5-3-8)14-7-6-11/h2-5,10-11H,6-7H2,1H3. The minimum absolute atomic E-state index is 0.0522. The van der Waals surface area contributed by atoms with Gasteiger partial charge in [-0.15, -0.1) is 0 Å². The third kappa shape index (κ3) is 4.66. The van der Waals surface area contributed by atoms with E-state index in [9.17, 15) is 8.42 Å². The molecule has 0 aliphatic carbocycles. The summed E-state index contributed by atoms with van der Waals surface area (Å²) in [7, 11) is -3.24. The van der Waals surface area contributed by atoms with E-state index in [0.29, 0.717) is 11.4 Å². The molecule has 0 radical (unpaired) electrons. The summed E-state index contributed by atoms with van der Waals surface area (Å²) in [5.74, 6) is 0.586. The molecule has 0 aromatic heterocycles. The van der Waals surface area contributed by atoms with E-state index in [1.165, 1.54) is 0 Å². The van der Waals surface area contributed by atoms with Crippen LogP contribution in [-0.4, -0.2) is 33.0 Å². The molecule has 0 atom stereocenters. The van der Waals surface area contributed by atoms with E-state index in [4.69, 9.17) is 9.84 Å². The highest BCUT2D eigenvalue weighted by Crippen LogP contribution is 2.16. The molecule has 0 saturated carbocycles. The van der Waals surface area contributed by atoms with Gasteiger partial charge in [-0.3, -0.25) is 4.72 Å². The van der Waals surface area contributed by atoms with Crippen LogP contribution in [0, 0.1) is 0 Å². The van der Waals surface area contributed by atoms with Crippen LogP contribution >= 0.6 is 0 Å². The summed E-state index contributed by atoms with van der Waals surface area (Å²) in [5.41, 5.74) is 0.480. The van der Waals surface area contributed by atoms with Crippen LogP contribution in [0.5, 0.6) is 5.75 Å². The van der Waals surface area contributed by atoms with Gasteiger partial charge in [0.1, 0.15) is 12.4 Å². The van der Waals surface area contributed by atoms with Gasteiger partial charge < -0.3 is 9.84 Å². The second-order valence-electron chi connectivity index (χ2n) is 2.97. The maximum Gasteiger partial charge on any atom is 0.229 e. The monoisotopic (exact) mass is 231 g/mol. The molecule has 0 saturated heterocycles. The fourth-order valence-corrected chi connectivity index (χ4v) is 1.56. The van der Waals surface area contributed by atoms with Crippen molar-refractivity contribution in [2.45, 2.75) is 0 Å². The lowest BCUT2D eigenvalue weighted by atomic mass is 10.3. The first-order valence-corrected chi connectivity index (χ1v) is 6.22. The zero-order valence-electron chi connectivity index (χ0n) is 8.30. The normalized spacial score (nSPS) is 11.1. The van der Waals surface area contributed by atoms with Gasteiger partial charge >= 0.3 is 0 Å². The molecule has 5 nitrogen and oxygen atoms in total. The number of benzene rings is 1. The number of anilines is 1. The van der Waals surface area contributed by atoms with E-state index < -0.39 is 10.0 Å². The van der Waals surface area contributed by atoms with Gasteiger partial charge in [0.15, 0.2) is 0 Å². The minimum Gasteiger partial charge on any atom is -0.491 e. The summed E-state index contributed by atoms with van der Waals surface area (Å²) in [6.07, 6.45) is 1.09. The number of nitrogens with one attached hydrogen (secondary N) is 1. The number of rotatable bonds is 5. The van der Waals surface area contributed by atoms with Crippen LogP contribution < -0.4 is 9.46 Å². The molecule has 0 fully saturated rings. The number of aliphatic hydroxyl groups is 1. The minimum atomic E-state index is -3.24. The van der Waals surface area contributed by atoms with Crippen molar-refractivity contribution in [1.29, 1.82) is 0 Å². The van der Waals surface area contributed by atoms with E-state index in [1.54, 1.807) is 24.3 Å². The first-order valence-electron chi connectivity index (χ1n) is 4.33. The van der Waals surface area contributed by atoms with Crippen molar-refractivity contribution in [3.8, 4) is 5.75 Å². The average Bonchev–Trinajstić information content (AvgIpc) is 2.14. The van der Waals surface area contributed by atoms with Crippen molar-refractivity contribution >= 4 is 15.7 Å². The van der Waals surface area contributed by atoms with Gasteiger partial charge in [0, 0.05) is 5.69 Å². The van der Waals surface area contributed by atoms with Crippen molar-refractivity contribution in [3.63, 3.8) is 0 Å². The molecule has 1 aromatic rings. The SMILES string of the molecule is CS(=O)(=O)Nc1ccc(OCCO)cc1. The Morgan fingerprint density at radius 1 is 1.33 bits per heavy atom. The van der Waals surface area contributed by atoms with Crippen molar-refractivity contribution in [2.24, 2.45) is 0 Å². The maximum atomic E-state index is 10.9. The van der Waals surface area contributed by atoms with Crippen molar-refractivity contribution in [3.05, 3.63) is 24.3 Å². The fraction of sp³-hybridized carbons (Fsp3) is 0.333. The van der Waals surface area contributed by atoms with Crippen LogP contribution in [-0.2, 0) is 10.0 Å². The van der Waals surface area contributed by atoms with Gasteiger partial charge in [-0.05, 0) is 24.3 Å². The Balaban J connectivity index is 2.64. The van der Waals surface area contributed by atoms with Crippen LogP contribution in [0.25, 0.3) is 0 Å². The van der Waals surface area contributed by atoms with E-state index in [2.05, 4.69) is 4.72 Å². The first kappa shape index (κ1) is 11.8. The van der Waals surface area contributed by atoms with Gasteiger partial charge in [-0.2, -0.15) is 0 Å². The highest BCUT2D eigenvalue weighted by molar-refractivity contribution is 7.92. The number of aliphatic hydroxyl groups excluding tert-OH is 1. The topological polar surface area (TPSA) is 75.6 Å². The van der Waals surface area contributed by atoms with Crippen molar-refractivity contribution in [2.75, 3.05) is 24.2 Å². The molecule has 2 N–H and O–H groups in total. The van der Waals surface area contributed by atoms with Gasteiger partial charge in [-0.1, -0.05) is 0 Å². The van der Waals surface area contributed by atoms with E-state index >= 15 is 0 Å². The highest BCUT2D eigenvalue weighted by Gasteiger charge is 2.01. The lowest BCUT2D eigenvalue weighted by molar-refractivity contribution is 0.201. The van der Waals surface area contributed by atoms with E-state index in [0.717, 1.165) is 6.26 Å². The highest BCUT2D eigenvalue weighted by atomic mass is 32.2. The van der Waals surface area contributed by atoms with Gasteiger partial charge in [-0.25, -0.2) is 8.42 Å². The number of hydrogen-bond donors (Lipinski definition) is 2. The predicted molar refractivity (Wildman–Crippen MR) is 57.5 cm³/mol. The van der Waals surface area contributed by atoms with Gasteiger partial charge in [0.2, 0.25) is 10.0 Å². The second-order valence-corrected chi connectivity index (χ2v) is 4.72. The molecule has 0 amide bonds. The Labute approximate surface area is 88.7 Å². The number of sulfonamides is 1. The molecule has 0 heterocycles. The fourth-order valence-electron chi connectivity index (χ4n) is 0.997. The first-order chi connectivity index (χ1) is 7.01. The summed E-state index contributed by atoms with van der Waals surface area (Å²) >= 11 is 0. The molecule has 0 bridgehead atoms. The third-order valence-corrected chi connectivity index (χ3v) is 2.12. The van der Waals surface area contributed by atoms with Crippen molar-refractivity contribution < 1.29 is 18.3 Å². The molecule has 1 rings (SSSR count). The van der Waals surface area contributed by atoms with E-state index in [1.807, 2.05) is 0 Å². The quantitative estimate of drug-likeness (QED) is 0.770. The summed E-state index contributed by atoms with van der Waals surface area (Å²) in [6.45, 7) is 0.169. The van der Waals surface area contributed by atoms with Crippen LogP contribution in [0.4, 0.5) is 5.69 Å². The third-order valence-electron chi connectivity index (χ3n) is 1.52. The molecule has 0 unspecified atom stereocenters. The molecule has 84 valence electrons. The smallest absolute Gasteiger partial charge is 0.229 e. The van der Waals surface area contributed by atoms with Crippen LogP contribution in [0.15, 0.2) is 24.3 Å². The zero-order chi connectivity index (χ0) is 11.3. The Kier molecular flexibility index (Phi) is 3.93. The second kappa shape index (κ2) is 4.99. The number of ether oxygens (including phenoxy) is 1.